The summed E-state index contributed by atoms with van der Waals surface area (Å²) in [4.78, 5) is 12.2. The topological polar surface area (TPSA) is 72.9 Å². The lowest BCUT2D eigenvalue weighted by atomic mass is 9.84. The lowest BCUT2D eigenvalue weighted by molar-refractivity contribution is -0.121. The molecular weight excluding hydrogens is 216 g/mol. The molecule has 2 bridgehead atoms. The van der Waals surface area contributed by atoms with Crippen molar-refractivity contribution in [2.24, 2.45) is 30.5 Å². The van der Waals surface area contributed by atoms with Gasteiger partial charge in [0, 0.05) is 25.4 Å². The van der Waals surface area contributed by atoms with Crippen molar-refractivity contribution in [2.45, 2.75) is 25.3 Å². The van der Waals surface area contributed by atoms with Gasteiger partial charge in [-0.25, -0.2) is 0 Å². The van der Waals surface area contributed by atoms with Crippen molar-refractivity contribution in [1.29, 1.82) is 0 Å². The van der Waals surface area contributed by atoms with Crippen LogP contribution in [0.15, 0.2) is 12.3 Å². The molecule has 0 aliphatic heterocycles. The number of anilines is 1. The summed E-state index contributed by atoms with van der Waals surface area (Å²) in [6.07, 6.45) is 5.29. The van der Waals surface area contributed by atoms with E-state index >= 15 is 0 Å². The molecule has 2 aliphatic rings. The van der Waals surface area contributed by atoms with Crippen LogP contribution in [-0.2, 0) is 11.8 Å². The first-order valence-electron chi connectivity index (χ1n) is 6.21. The van der Waals surface area contributed by atoms with Gasteiger partial charge in [0.2, 0.25) is 5.91 Å². The van der Waals surface area contributed by atoms with Gasteiger partial charge in [0.25, 0.3) is 0 Å². The second-order valence-corrected chi connectivity index (χ2v) is 5.30. The van der Waals surface area contributed by atoms with Crippen LogP contribution >= 0.6 is 0 Å². The van der Waals surface area contributed by atoms with Crippen molar-refractivity contribution in [2.75, 3.05) is 5.32 Å². The standard InChI is InChI=1S/C12H18N4O/c1-16-5-4-9(15-16)14-12(17)10-7-2-3-8(6-7)11(10)13/h4-5,7-8,10-11H,2-3,6,13H2,1H3,(H,14,15,17). The third-order valence-corrected chi connectivity index (χ3v) is 4.25. The maximum absolute atomic E-state index is 12.2. The van der Waals surface area contributed by atoms with E-state index < -0.39 is 0 Å². The molecule has 3 rings (SSSR count). The van der Waals surface area contributed by atoms with Crippen molar-refractivity contribution in [3.8, 4) is 0 Å². The Kier molecular flexibility index (Phi) is 2.43. The number of hydrogen-bond acceptors (Lipinski definition) is 3. The Morgan fingerprint density at radius 2 is 2.29 bits per heavy atom. The molecule has 5 heteroatoms. The molecule has 1 aromatic rings. The van der Waals surface area contributed by atoms with Crippen molar-refractivity contribution < 1.29 is 4.79 Å². The SMILES string of the molecule is Cn1ccc(NC(=O)C2C3CCC(C3)C2N)n1. The minimum Gasteiger partial charge on any atom is -0.327 e. The Hall–Kier alpha value is -1.36. The first-order chi connectivity index (χ1) is 8.15. The number of aryl methyl sites for hydroxylation is 1. The van der Waals surface area contributed by atoms with E-state index in [1.165, 1.54) is 6.42 Å². The molecular formula is C12H18N4O. The van der Waals surface area contributed by atoms with Crippen molar-refractivity contribution in [3.05, 3.63) is 12.3 Å². The van der Waals surface area contributed by atoms with E-state index in [4.69, 9.17) is 5.73 Å². The molecule has 0 spiro atoms. The second-order valence-electron chi connectivity index (χ2n) is 5.30. The van der Waals surface area contributed by atoms with Gasteiger partial charge in [0.05, 0.1) is 5.92 Å². The van der Waals surface area contributed by atoms with Crippen LogP contribution in [0.2, 0.25) is 0 Å². The minimum absolute atomic E-state index is 0.0178. The molecule has 3 N–H and O–H groups in total. The van der Waals surface area contributed by atoms with E-state index in [1.54, 1.807) is 10.7 Å². The van der Waals surface area contributed by atoms with E-state index in [2.05, 4.69) is 10.4 Å². The summed E-state index contributed by atoms with van der Waals surface area (Å²) in [7, 11) is 1.83. The molecule has 0 radical (unpaired) electrons. The molecule has 1 amide bonds. The van der Waals surface area contributed by atoms with Gasteiger partial charge in [-0.15, -0.1) is 0 Å². The lowest BCUT2D eigenvalue weighted by Crippen LogP contribution is -2.42. The molecule has 1 aromatic heterocycles. The summed E-state index contributed by atoms with van der Waals surface area (Å²) in [5.41, 5.74) is 6.14. The molecule has 2 fully saturated rings. The first kappa shape index (κ1) is 10.8. The van der Waals surface area contributed by atoms with Gasteiger partial charge in [-0.2, -0.15) is 5.10 Å². The maximum atomic E-state index is 12.2. The summed E-state index contributed by atoms with van der Waals surface area (Å²) in [6.45, 7) is 0. The monoisotopic (exact) mass is 234 g/mol. The highest BCUT2D eigenvalue weighted by atomic mass is 16.2. The fourth-order valence-corrected chi connectivity index (χ4v) is 3.42. The number of aromatic nitrogens is 2. The predicted octanol–water partition coefficient (Wildman–Crippen LogP) is 0.732. The zero-order chi connectivity index (χ0) is 12.0. The number of hydrogen-bond donors (Lipinski definition) is 2. The van der Waals surface area contributed by atoms with E-state index in [0.29, 0.717) is 17.7 Å². The quantitative estimate of drug-likeness (QED) is 0.792. The highest BCUT2D eigenvalue weighted by Gasteiger charge is 2.49. The summed E-state index contributed by atoms with van der Waals surface area (Å²) < 4.78 is 1.68. The third-order valence-electron chi connectivity index (χ3n) is 4.25. The molecule has 2 aliphatic carbocycles. The van der Waals surface area contributed by atoms with Crippen molar-refractivity contribution >= 4 is 11.7 Å². The maximum Gasteiger partial charge on any atom is 0.230 e. The molecule has 0 saturated heterocycles. The van der Waals surface area contributed by atoms with Crippen LogP contribution in [0.1, 0.15) is 19.3 Å². The van der Waals surface area contributed by atoms with Crippen LogP contribution in [0.3, 0.4) is 0 Å². The van der Waals surface area contributed by atoms with Gasteiger partial charge in [-0.3, -0.25) is 9.48 Å². The fraction of sp³-hybridized carbons (Fsp3) is 0.667. The molecule has 17 heavy (non-hydrogen) atoms. The van der Waals surface area contributed by atoms with Gasteiger partial charge in [0.1, 0.15) is 0 Å². The van der Waals surface area contributed by atoms with Crippen LogP contribution in [0.5, 0.6) is 0 Å². The number of carbonyl (C=O) groups excluding carboxylic acids is 1. The van der Waals surface area contributed by atoms with Crippen molar-refractivity contribution in [3.63, 3.8) is 0 Å². The summed E-state index contributed by atoms with van der Waals surface area (Å²) >= 11 is 0. The van der Waals surface area contributed by atoms with Crippen LogP contribution in [0.4, 0.5) is 5.82 Å². The molecule has 5 nitrogen and oxygen atoms in total. The lowest BCUT2D eigenvalue weighted by Gasteiger charge is -2.26. The molecule has 2 saturated carbocycles. The van der Waals surface area contributed by atoms with Crippen molar-refractivity contribution in [1.82, 2.24) is 9.78 Å². The Bertz CT molecular complexity index is 439. The molecule has 4 atom stereocenters. The molecule has 92 valence electrons. The van der Waals surface area contributed by atoms with Crippen LogP contribution in [0.25, 0.3) is 0 Å². The van der Waals surface area contributed by atoms with Crippen LogP contribution in [-0.4, -0.2) is 21.7 Å². The average molecular weight is 234 g/mol. The molecule has 4 unspecified atom stereocenters. The number of nitrogens with one attached hydrogen (secondary N) is 1. The number of fused-ring (bicyclic) bond motifs is 2. The molecule has 0 aromatic carbocycles. The third kappa shape index (κ3) is 1.74. The van der Waals surface area contributed by atoms with E-state index in [0.717, 1.165) is 12.8 Å². The number of amides is 1. The van der Waals surface area contributed by atoms with Gasteiger partial charge >= 0.3 is 0 Å². The first-order valence-corrected chi connectivity index (χ1v) is 6.21. The fourth-order valence-electron chi connectivity index (χ4n) is 3.42. The predicted molar refractivity (Wildman–Crippen MR) is 64.1 cm³/mol. The zero-order valence-corrected chi connectivity index (χ0v) is 9.97. The highest BCUT2D eigenvalue weighted by Crippen LogP contribution is 2.47. The minimum atomic E-state index is -0.0178. The van der Waals surface area contributed by atoms with Gasteiger partial charge in [-0.05, 0) is 31.1 Å². The second kappa shape index (κ2) is 3.84. The van der Waals surface area contributed by atoms with Crippen LogP contribution in [0, 0.1) is 17.8 Å². The smallest absolute Gasteiger partial charge is 0.230 e. The van der Waals surface area contributed by atoms with Gasteiger partial charge < -0.3 is 11.1 Å². The van der Waals surface area contributed by atoms with Gasteiger partial charge in [0.15, 0.2) is 5.82 Å². The highest BCUT2D eigenvalue weighted by molar-refractivity contribution is 5.92. The largest absolute Gasteiger partial charge is 0.327 e. The number of nitrogens with zero attached hydrogens (tertiary/aromatic N) is 2. The van der Waals surface area contributed by atoms with Gasteiger partial charge in [-0.1, -0.05) is 0 Å². The Morgan fingerprint density at radius 1 is 1.53 bits per heavy atom. The Labute approximate surface area is 100 Å². The van der Waals surface area contributed by atoms with Crippen LogP contribution < -0.4 is 11.1 Å². The van der Waals surface area contributed by atoms with E-state index in [1.807, 2.05) is 13.2 Å². The number of carbonyl (C=O) groups is 1. The summed E-state index contributed by atoms with van der Waals surface area (Å²) in [5.74, 6) is 1.69. The van der Waals surface area contributed by atoms with E-state index in [9.17, 15) is 4.79 Å². The Morgan fingerprint density at radius 3 is 2.88 bits per heavy atom. The normalized spacial score (nSPS) is 35.2. The Balaban J connectivity index is 1.70. The zero-order valence-electron chi connectivity index (χ0n) is 9.97. The number of nitrogens with two attached hydrogens (primary N) is 1. The summed E-state index contributed by atoms with van der Waals surface area (Å²) in [5, 5.41) is 7.02. The summed E-state index contributed by atoms with van der Waals surface area (Å²) in [6, 6.07) is 1.84. The molecule has 1 heterocycles. The number of rotatable bonds is 2. The average Bonchev–Trinajstić information content (AvgIpc) is 2.94. The van der Waals surface area contributed by atoms with E-state index in [-0.39, 0.29) is 17.9 Å².